The standard InChI is InChI=1S/C19H21ClFN3OS/c1-13(18-3-2-10-26-18)22-23-19(25)14-6-8-24(9-7-14)12-15-4-5-16(21)11-17(15)20/h2-5,10-11,14H,6-9,12H2,1H3,(H,23,25). The number of hydrazone groups is 1. The quantitative estimate of drug-likeness (QED) is 0.608. The van der Waals surface area contributed by atoms with Gasteiger partial charge in [-0.2, -0.15) is 5.10 Å². The van der Waals surface area contributed by atoms with E-state index in [0.717, 1.165) is 42.1 Å². The van der Waals surface area contributed by atoms with Gasteiger partial charge >= 0.3 is 0 Å². The number of thiophene rings is 1. The Morgan fingerprint density at radius 1 is 1.38 bits per heavy atom. The summed E-state index contributed by atoms with van der Waals surface area (Å²) in [5.74, 6) is -0.386. The highest BCUT2D eigenvalue weighted by molar-refractivity contribution is 7.12. The Hall–Kier alpha value is -1.76. The normalized spacial score (nSPS) is 16.7. The summed E-state index contributed by atoms with van der Waals surface area (Å²) in [6.07, 6.45) is 1.55. The summed E-state index contributed by atoms with van der Waals surface area (Å²) in [6.45, 7) is 4.17. The number of rotatable bonds is 5. The number of halogens is 2. The zero-order valence-electron chi connectivity index (χ0n) is 14.5. The fourth-order valence-corrected chi connectivity index (χ4v) is 3.92. The first-order valence-corrected chi connectivity index (χ1v) is 9.83. The molecule has 0 bridgehead atoms. The number of likely N-dealkylation sites (tertiary alicyclic amines) is 1. The second kappa shape index (κ2) is 8.75. The van der Waals surface area contributed by atoms with Crippen LogP contribution in [-0.4, -0.2) is 29.6 Å². The molecule has 138 valence electrons. The molecule has 1 aliphatic rings. The fraction of sp³-hybridized carbons (Fsp3) is 0.368. The zero-order chi connectivity index (χ0) is 18.5. The molecule has 4 nitrogen and oxygen atoms in total. The third-order valence-electron chi connectivity index (χ3n) is 4.58. The molecule has 0 unspecified atom stereocenters. The number of carbonyl (C=O) groups is 1. The van der Waals surface area contributed by atoms with E-state index in [9.17, 15) is 9.18 Å². The molecule has 1 aliphatic heterocycles. The molecule has 26 heavy (non-hydrogen) atoms. The number of nitrogens with one attached hydrogen (secondary N) is 1. The molecule has 0 saturated carbocycles. The van der Waals surface area contributed by atoms with Crippen molar-refractivity contribution >= 4 is 34.6 Å². The number of hydrogen-bond donors (Lipinski definition) is 1. The molecule has 7 heteroatoms. The van der Waals surface area contributed by atoms with E-state index in [-0.39, 0.29) is 17.6 Å². The van der Waals surface area contributed by atoms with Gasteiger partial charge in [-0.25, -0.2) is 9.82 Å². The van der Waals surface area contributed by atoms with Crippen molar-refractivity contribution in [1.29, 1.82) is 0 Å². The number of piperidine rings is 1. The Balaban J connectivity index is 1.48. The highest BCUT2D eigenvalue weighted by Crippen LogP contribution is 2.23. The van der Waals surface area contributed by atoms with E-state index in [1.54, 1.807) is 17.4 Å². The van der Waals surface area contributed by atoms with Crippen molar-refractivity contribution in [2.75, 3.05) is 13.1 Å². The van der Waals surface area contributed by atoms with Crippen molar-refractivity contribution in [3.63, 3.8) is 0 Å². The minimum atomic E-state index is -0.326. The molecule has 1 amide bonds. The summed E-state index contributed by atoms with van der Waals surface area (Å²) in [5.41, 5.74) is 4.42. The molecule has 0 atom stereocenters. The third kappa shape index (κ3) is 4.90. The molecular formula is C19H21ClFN3OS. The van der Waals surface area contributed by atoms with Gasteiger partial charge in [0.25, 0.3) is 0 Å². The molecule has 1 aromatic heterocycles. The first-order valence-electron chi connectivity index (χ1n) is 8.57. The average molecular weight is 394 g/mol. The molecular weight excluding hydrogens is 373 g/mol. The Morgan fingerprint density at radius 2 is 2.15 bits per heavy atom. The summed E-state index contributed by atoms with van der Waals surface area (Å²) in [4.78, 5) is 15.6. The largest absolute Gasteiger partial charge is 0.299 e. The van der Waals surface area contributed by atoms with Gasteiger partial charge in [0.1, 0.15) is 5.82 Å². The minimum Gasteiger partial charge on any atom is -0.299 e. The monoisotopic (exact) mass is 393 g/mol. The van der Waals surface area contributed by atoms with E-state index in [1.165, 1.54) is 12.1 Å². The molecule has 2 heterocycles. The fourth-order valence-electron chi connectivity index (χ4n) is 3.01. The van der Waals surface area contributed by atoms with Crippen LogP contribution in [0.15, 0.2) is 40.8 Å². The highest BCUT2D eigenvalue weighted by Gasteiger charge is 2.25. The lowest BCUT2D eigenvalue weighted by atomic mass is 9.96. The Morgan fingerprint density at radius 3 is 2.81 bits per heavy atom. The topological polar surface area (TPSA) is 44.7 Å². The van der Waals surface area contributed by atoms with Crippen LogP contribution in [0.3, 0.4) is 0 Å². The molecule has 2 aromatic rings. The van der Waals surface area contributed by atoms with Gasteiger partial charge < -0.3 is 0 Å². The second-order valence-electron chi connectivity index (χ2n) is 6.44. The SMILES string of the molecule is CC(=NNC(=O)C1CCN(Cc2ccc(F)cc2Cl)CC1)c1cccs1. The average Bonchev–Trinajstić information content (AvgIpc) is 3.17. The van der Waals surface area contributed by atoms with Gasteiger partial charge in [-0.3, -0.25) is 9.69 Å². The smallest absolute Gasteiger partial charge is 0.243 e. The van der Waals surface area contributed by atoms with Crippen LogP contribution < -0.4 is 5.43 Å². The Kier molecular flexibility index (Phi) is 6.40. The summed E-state index contributed by atoms with van der Waals surface area (Å²) in [7, 11) is 0. The van der Waals surface area contributed by atoms with Gasteiger partial charge in [0.2, 0.25) is 5.91 Å². The van der Waals surface area contributed by atoms with E-state index in [1.807, 2.05) is 24.4 Å². The Labute approximate surface area is 161 Å². The van der Waals surface area contributed by atoms with E-state index < -0.39 is 0 Å². The molecule has 1 aromatic carbocycles. The van der Waals surface area contributed by atoms with E-state index in [4.69, 9.17) is 11.6 Å². The van der Waals surface area contributed by atoms with Crippen molar-refractivity contribution in [3.05, 3.63) is 57.0 Å². The highest BCUT2D eigenvalue weighted by atomic mass is 35.5. The van der Waals surface area contributed by atoms with Gasteiger partial charge in [-0.05, 0) is 62.0 Å². The van der Waals surface area contributed by atoms with Crippen LogP contribution in [0.5, 0.6) is 0 Å². The van der Waals surface area contributed by atoms with Crippen LogP contribution in [-0.2, 0) is 11.3 Å². The van der Waals surface area contributed by atoms with Crippen LogP contribution >= 0.6 is 22.9 Å². The lowest BCUT2D eigenvalue weighted by molar-refractivity contribution is -0.126. The molecule has 1 saturated heterocycles. The van der Waals surface area contributed by atoms with Crippen LogP contribution in [0.1, 0.15) is 30.2 Å². The molecule has 3 rings (SSSR count). The van der Waals surface area contributed by atoms with Crippen LogP contribution in [0, 0.1) is 11.7 Å². The third-order valence-corrected chi connectivity index (χ3v) is 5.91. The number of carbonyl (C=O) groups excluding carboxylic acids is 1. The number of amides is 1. The molecule has 0 radical (unpaired) electrons. The lowest BCUT2D eigenvalue weighted by Crippen LogP contribution is -2.39. The maximum atomic E-state index is 13.1. The first-order chi connectivity index (χ1) is 12.5. The minimum absolute atomic E-state index is 0.0274. The molecule has 0 spiro atoms. The van der Waals surface area contributed by atoms with Crippen molar-refractivity contribution in [1.82, 2.24) is 10.3 Å². The summed E-state index contributed by atoms with van der Waals surface area (Å²) in [5, 5.41) is 6.64. The zero-order valence-corrected chi connectivity index (χ0v) is 16.1. The predicted molar refractivity (Wildman–Crippen MR) is 104 cm³/mol. The molecule has 1 fully saturated rings. The van der Waals surface area contributed by atoms with E-state index in [0.29, 0.717) is 11.6 Å². The van der Waals surface area contributed by atoms with Crippen LogP contribution in [0.25, 0.3) is 0 Å². The van der Waals surface area contributed by atoms with Crippen molar-refractivity contribution in [2.24, 2.45) is 11.0 Å². The van der Waals surface area contributed by atoms with Gasteiger partial charge in [0.15, 0.2) is 0 Å². The van der Waals surface area contributed by atoms with Crippen molar-refractivity contribution in [2.45, 2.75) is 26.3 Å². The van der Waals surface area contributed by atoms with Gasteiger partial charge in [0, 0.05) is 22.4 Å². The molecule has 1 N–H and O–H groups in total. The van der Waals surface area contributed by atoms with Crippen molar-refractivity contribution < 1.29 is 9.18 Å². The summed E-state index contributed by atoms with van der Waals surface area (Å²) < 4.78 is 13.1. The lowest BCUT2D eigenvalue weighted by Gasteiger charge is -2.31. The van der Waals surface area contributed by atoms with E-state index >= 15 is 0 Å². The number of benzene rings is 1. The van der Waals surface area contributed by atoms with E-state index in [2.05, 4.69) is 15.4 Å². The number of hydrogen-bond acceptors (Lipinski definition) is 4. The predicted octanol–water partition coefficient (Wildman–Crippen LogP) is 4.29. The van der Waals surface area contributed by atoms with Crippen molar-refractivity contribution in [3.8, 4) is 0 Å². The molecule has 0 aliphatic carbocycles. The first kappa shape index (κ1) is 19.0. The van der Waals surface area contributed by atoms with Crippen LogP contribution in [0.2, 0.25) is 5.02 Å². The Bertz CT molecular complexity index is 786. The van der Waals surface area contributed by atoms with Gasteiger partial charge in [-0.1, -0.05) is 23.7 Å². The maximum Gasteiger partial charge on any atom is 0.243 e. The van der Waals surface area contributed by atoms with Gasteiger partial charge in [-0.15, -0.1) is 11.3 Å². The second-order valence-corrected chi connectivity index (χ2v) is 7.79. The summed E-state index contributed by atoms with van der Waals surface area (Å²) in [6, 6.07) is 8.43. The maximum absolute atomic E-state index is 13.1. The van der Waals surface area contributed by atoms with Gasteiger partial charge in [0.05, 0.1) is 5.71 Å². The summed E-state index contributed by atoms with van der Waals surface area (Å²) >= 11 is 7.69. The number of nitrogens with zero attached hydrogens (tertiary/aromatic N) is 2. The van der Waals surface area contributed by atoms with Crippen LogP contribution in [0.4, 0.5) is 4.39 Å².